The molecular formula is C16H24N4O2. The van der Waals surface area contributed by atoms with Crippen molar-refractivity contribution < 1.29 is 9.21 Å². The van der Waals surface area contributed by atoms with Crippen molar-refractivity contribution in [2.75, 3.05) is 26.2 Å². The van der Waals surface area contributed by atoms with Crippen molar-refractivity contribution in [3.05, 3.63) is 11.8 Å². The smallest absolute Gasteiger partial charge is 0.227 e. The fraction of sp³-hybridized carbons (Fsp3) is 0.812. The Morgan fingerprint density at radius 3 is 2.82 bits per heavy atom. The minimum absolute atomic E-state index is 0.164. The van der Waals surface area contributed by atoms with Gasteiger partial charge in [0.2, 0.25) is 17.7 Å². The molecule has 0 saturated carbocycles. The van der Waals surface area contributed by atoms with Gasteiger partial charge in [0, 0.05) is 32.6 Å². The van der Waals surface area contributed by atoms with E-state index in [1.165, 1.54) is 25.8 Å². The monoisotopic (exact) mass is 304 g/mol. The van der Waals surface area contributed by atoms with Gasteiger partial charge in [0.05, 0.1) is 11.3 Å². The van der Waals surface area contributed by atoms with Gasteiger partial charge in [-0.2, -0.15) is 0 Å². The lowest BCUT2D eigenvalue weighted by Gasteiger charge is -2.46. The number of likely N-dealkylation sites (tertiary alicyclic amines) is 1. The lowest BCUT2D eigenvalue weighted by Crippen LogP contribution is -2.61. The topological polar surface area (TPSA) is 62.5 Å². The Morgan fingerprint density at radius 1 is 1.32 bits per heavy atom. The van der Waals surface area contributed by atoms with Gasteiger partial charge >= 0.3 is 0 Å². The van der Waals surface area contributed by atoms with Gasteiger partial charge in [-0.1, -0.05) is 6.42 Å². The first-order valence-corrected chi connectivity index (χ1v) is 8.39. The first-order valence-electron chi connectivity index (χ1n) is 8.39. The summed E-state index contributed by atoms with van der Waals surface area (Å²) in [7, 11) is 0. The Balaban J connectivity index is 1.37. The van der Waals surface area contributed by atoms with Gasteiger partial charge in [-0.05, 0) is 32.7 Å². The molecule has 0 spiro atoms. The van der Waals surface area contributed by atoms with Gasteiger partial charge in [0.25, 0.3) is 0 Å². The molecule has 0 aromatic carbocycles. The third-order valence-electron chi connectivity index (χ3n) is 5.54. The highest BCUT2D eigenvalue weighted by Crippen LogP contribution is 2.37. The molecule has 3 fully saturated rings. The van der Waals surface area contributed by atoms with Crippen molar-refractivity contribution in [1.82, 2.24) is 20.0 Å². The molecule has 1 aromatic heterocycles. The highest BCUT2D eigenvalue weighted by Gasteiger charge is 2.49. The highest BCUT2D eigenvalue weighted by atomic mass is 16.4. The standard InChI is InChI=1S/C16H24N4O2/c1-11-17-18-15(22-11)16(2)9-20(10-16)14(21)12-7-13-5-3-4-6-19(13)8-12/h12-13H,3-10H2,1-2H3. The Kier molecular flexibility index (Phi) is 3.25. The van der Waals surface area contributed by atoms with E-state index < -0.39 is 0 Å². The minimum atomic E-state index is -0.164. The van der Waals surface area contributed by atoms with Crippen molar-refractivity contribution in [3.8, 4) is 0 Å². The number of carbonyl (C=O) groups is 1. The molecule has 3 aliphatic rings. The molecule has 3 saturated heterocycles. The molecular weight excluding hydrogens is 280 g/mol. The summed E-state index contributed by atoms with van der Waals surface area (Å²) in [5.74, 6) is 1.77. The van der Waals surface area contributed by atoms with Crippen LogP contribution in [0.1, 0.15) is 44.4 Å². The van der Waals surface area contributed by atoms with Crippen LogP contribution in [-0.2, 0) is 10.2 Å². The minimum Gasteiger partial charge on any atom is -0.425 e. The maximum Gasteiger partial charge on any atom is 0.227 e. The number of hydrogen-bond acceptors (Lipinski definition) is 5. The van der Waals surface area contributed by atoms with Crippen LogP contribution in [0.2, 0.25) is 0 Å². The second-order valence-corrected chi connectivity index (χ2v) is 7.46. The van der Waals surface area contributed by atoms with Gasteiger partial charge < -0.3 is 9.32 Å². The van der Waals surface area contributed by atoms with Crippen LogP contribution in [0.5, 0.6) is 0 Å². The first-order chi connectivity index (χ1) is 10.5. The molecule has 120 valence electrons. The average Bonchev–Trinajstić information content (AvgIpc) is 3.09. The molecule has 1 aromatic rings. The third-order valence-corrected chi connectivity index (χ3v) is 5.54. The first kappa shape index (κ1) is 14.2. The zero-order chi connectivity index (χ0) is 15.3. The molecule has 0 N–H and O–H groups in total. The summed E-state index contributed by atoms with van der Waals surface area (Å²) in [5.41, 5.74) is -0.164. The van der Waals surface area contributed by atoms with Crippen LogP contribution in [0, 0.1) is 12.8 Å². The van der Waals surface area contributed by atoms with E-state index in [1.807, 2.05) is 4.90 Å². The summed E-state index contributed by atoms with van der Waals surface area (Å²) in [6.07, 6.45) is 4.92. The SMILES string of the molecule is Cc1nnc(C2(C)CN(C(=O)C3CC4CCCCN4C3)C2)o1. The molecule has 22 heavy (non-hydrogen) atoms. The molecule has 6 nitrogen and oxygen atoms in total. The van der Waals surface area contributed by atoms with E-state index in [0.29, 0.717) is 36.8 Å². The van der Waals surface area contributed by atoms with Crippen molar-refractivity contribution in [1.29, 1.82) is 0 Å². The number of carbonyl (C=O) groups excluding carboxylic acids is 1. The number of aryl methyl sites for hydroxylation is 1. The molecule has 1 amide bonds. The van der Waals surface area contributed by atoms with E-state index in [2.05, 4.69) is 22.0 Å². The van der Waals surface area contributed by atoms with Gasteiger partial charge in [-0.15, -0.1) is 10.2 Å². The number of piperidine rings is 1. The summed E-state index contributed by atoms with van der Waals surface area (Å²) in [5, 5.41) is 8.03. The van der Waals surface area contributed by atoms with E-state index >= 15 is 0 Å². The lowest BCUT2D eigenvalue weighted by molar-refractivity contribution is -0.143. The highest BCUT2D eigenvalue weighted by molar-refractivity contribution is 5.80. The van der Waals surface area contributed by atoms with E-state index in [9.17, 15) is 4.79 Å². The molecule has 2 atom stereocenters. The largest absolute Gasteiger partial charge is 0.425 e. The number of aromatic nitrogens is 2. The molecule has 0 bridgehead atoms. The molecule has 4 rings (SSSR count). The average molecular weight is 304 g/mol. The fourth-order valence-corrected chi connectivity index (χ4v) is 4.32. The number of hydrogen-bond donors (Lipinski definition) is 0. The maximum atomic E-state index is 12.7. The fourth-order valence-electron chi connectivity index (χ4n) is 4.32. The quantitative estimate of drug-likeness (QED) is 0.825. The zero-order valence-electron chi connectivity index (χ0n) is 13.4. The summed E-state index contributed by atoms with van der Waals surface area (Å²) < 4.78 is 5.55. The van der Waals surface area contributed by atoms with Gasteiger partial charge in [-0.25, -0.2) is 0 Å². The maximum absolute atomic E-state index is 12.7. The predicted octanol–water partition coefficient (Wildman–Crippen LogP) is 1.35. The predicted molar refractivity (Wildman–Crippen MR) is 80.3 cm³/mol. The lowest BCUT2D eigenvalue weighted by atomic mass is 9.81. The zero-order valence-corrected chi connectivity index (χ0v) is 13.4. The van der Waals surface area contributed by atoms with E-state index in [0.717, 1.165) is 13.0 Å². The third kappa shape index (κ3) is 2.24. The van der Waals surface area contributed by atoms with Crippen LogP contribution in [-0.4, -0.2) is 58.1 Å². The van der Waals surface area contributed by atoms with E-state index in [-0.39, 0.29) is 11.3 Å². The second kappa shape index (κ2) is 5.05. The summed E-state index contributed by atoms with van der Waals surface area (Å²) in [6.45, 7) is 7.44. The van der Waals surface area contributed by atoms with Crippen LogP contribution >= 0.6 is 0 Å². The molecule has 3 aliphatic heterocycles. The summed E-state index contributed by atoms with van der Waals surface area (Å²) in [6, 6.07) is 0.647. The normalized spacial score (nSPS) is 30.9. The van der Waals surface area contributed by atoms with Crippen LogP contribution in [0.25, 0.3) is 0 Å². The number of nitrogens with zero attached hydrogens (tertiary/aromatic N) is 4. The van der Waals surface area contributed by atoms with Crippen molar-refractivity contribution in [2.24, 2.45) is 5.92 Å². The van der Waals surface area contributed by atoms with Crippen LogP contribution in [0.3, 0.4) is 0 Å². The molecule has 0 aliphatic carbocycles. The molecule has 6 heteroatoms. The van der Waals surface area contributed by atoms with E-state index in [4.69, 9.17) is 4.42 Å². The summed E-state index contributed by atoms with van der Waals surface area (Å²) in [4.78, 5) is 17.2. The van der Waals surface area contributed by atoms with Crippen molar-refractivity contribution >= 4 is 5.91 Å². The molecule has 2 unspecified atom stereocenters. The number of fused-ring (bicyclic) bond motifs is 1. The van der Waals surface area contributed by atoms with E-state index in [1.54, 1.807) is 6.92 Å². The van der Waals surface area contributed by atoms with Crippen LogP contribution < -0.4 is 0 Å². The number of rotatable bonds is 2. The van der Waals surface area contributed by atoms with Crippen molar-refractivity contribution in [2.45, 2.75) is 51.0 Å². The summed E-state index contributed by atoms with van der Waals surface area (Å²) >= 11 is 0. The van der Waals surface area contributed by atoms with Gasteiger partial charge in [-0.3, -0.25) is 9.69 Å². The van der Waals surface area contributed by atoms with Gasteiger partial charge in [0.15, 0.2) is 0 Å². The Bertz CT molecular complexity index is 564. The van der Waals surface area contributed by atoms with Crippen LogP contribution in [0.4, 0.5) is 0 Å². The van der Waals surface area contributed by atoms with Gasteiger partial charge in [0.1, 0.15) is 0 Å². The van der Waals surface area contributed by atoms with Crippen LogP contribution in [0.15, 0.2) is 4.42 Å². The molecule has 4 heterocycles. The van der Waals surface area contributed by atoms with Crippen molar-refractivity contribution in [3.63, 3.8) is 0 Å². The molecule has 0 radical (unpaired) electrons. The Labute approximate surface area is 130 Å². The Morgan fingerprint density at radius 2 is 2.14 bits per heavy atom. The number of amides is 1. The second-order valence-electron chi connectivity index (χ2n) is 7.46. The Hall–Kier alpha value is -1.43.